The molecular formula is C7H16N2O2. The molecule has 1 atom stereocenters. The van der Waals surface area contributed by atoms with Crippen LogP contribution in [0.2, 0.25) is 0 Å². The lowest BCUT2D eigenvalue weighted by molar-refractivity contribution is 0.0644. The molecule has 1 unspecified atom stereocenters. The fourth-order valence-corrected chi connectivity index (χ4v) is 0.537. The minimum Gasteiger partial charge on any atom is -0.382 e. The first-order valence-electron chi connectivity index (χ1n) is 3.50. The standard InChI is InChI=1S/C7H16N2O2/c1-3-7(9-8)6-11-5-4-10-2/h3,7,9H,1,4-6,8H2,2H3. The molecule has 0 rings (SSSR count). The molecule has 0 amide bonds. The summed E-state index contributed by atoms with van der Waals surface area (Å²) in [7, 11) is 1.63. The van der Waals surface area contributed by atoms with Crippen molar-refractivity contribution in [3.63, 3.8) is 0 Å². The van der Waals surface area contributed by atoms with E-state index in [9.17, 15) is 0 Å². The largest absolute Gasteiger partial charge is 0.382 e. The van der Waals surface area contributed by atoms with Gasteiger partial charge in [0, 0.05) is 7.11 Å². The fourth-order valence-electron chi connectivity index (χ4n) is 0.537. The number of nitrogens with two attached hydrogens (primary N) is 1. The lowest BCUT2D eigenvalue weighted by atomic mass is 10.3. The summed E-state index contributed by atoms with van der Waals surface area (Å²) in [6.45, 7) is 5.30. The molecule has 0 aromatic heterocycles. The van der Waals surface area contributed by atoms with E-state index in [0.29, 0.717) is 19.8 Å². The van der Waals surface area contributed by atoms with Gasteiger partial charge in [-0.25, -0.2) is 0 Å². The van der Waals surface area contributed by atoms with Crippen molar-refractivity contribution in [1.29, 1.82) is 0 Å². The Labute approximate surface area is 67.3 Å². The van der Waals surface area contributed by atoms with E-state index in [0.717, 1.165) is 0 Å². The van der Waals surface area contributed by atoms with Crippen molar-refractivity contribution in [1.82, 2.24) is 5.43 Å². The second kappa shape index (κ2) is 7.68. The first-order valence-corrected chi connectivity index (χ1v) is 3.50. The van der Waals surface area contributed by atoms with E-state index in [1.54, 1.807) is 13.2 Å². The summed E-state index contributed by atoms with van der Waals surface area (Å²) < 4.78 is 9.97. The van der Waals surface area contributed by atoms with E-state index < -0.39 is 0 Å². The first-order chi connectivity index (χ1) is 5.35. The number of hydrogen-bond acceptors (Lipinski definition) is 4. The second-order valence-corrected chi connectivity index (χ2v) is 2.08. The zero-order chi connectivity index (χ0) is 8.53. The van der Waals surface area contributed by atoms with E-state index in [-0.39, 0.29) is 6.04 Å². The van der Waals surface area contributed by atoms with Crippen LogP contribution in [0.3, 0.4) is 0 Å². The van der Waals surface area contributed by atoms with Gasteiger partial charge in [0.05, 0.1) is 25.9 Å². The third-order valence-corrected chi connectivity index (χ3v) is 1.23. The van der Waals surface area contributed by atoms with Crippen LogP contribution in [0.5, 0.6) is 0 Å². The maximum atomic E-state index is 5.18. The normalized spacial score (nSPS) is 12.9. The number of rotatable bonds is 7. The number of hydrazine groups is 1. The van der Waals surface area contributed by atoms with Crippen molar-refractivity contribution in [2.45, 2.75) is 6.04 Å². The highest BCUT2D eigenvalue weighted by Crippen LogP contribution is 1.84. The zero-order valence-electron chi connectivity index (χ0n) is 6.88. The molecule has 3 N–H and O–H groups in total. The third-order valence-electron chi connectivity index (χ3n) is 1.23. The Bertz CT molecular complexity index is 98.4. The molecule has 0 radical (unpaired) electrons. The first kappa shape index (κ1) is 10.6. The molecule has 0 aromatic rings. The zero-order valence-corrected chi connectivity index (χ0v) is 6.88. The SMILES string of the molecule is C=CC(COCCOC)NN. The van der Waals surface area contributed by atoms with E-state index in [1.165, 1.54) is 0 Å². The van der Waals surface area contributed by atoms with Gasteiger partial charge in [0.25, 0.3) is 0 Å². The molecule has 4 nitrogen and oxygen atoms in total. The highest BCUT2D eigenvalue weighted by atomic mass is 16.5. The van der Waals surface area contributed by atoms with Crippen LogP contribution >= 0.6 is 0 Å². The quantitative estimate of drug-likeness (QED) is 0.232. The molecule has 0 saturated carbocycles. The molecule has 0 saturated heterocycles. The molecule has 4 heteroatoms. The molecule has 0 heterocycles. The molecule has 0 aromatic carbocycles. The third kappa shape index (κ3) is 6.00. The van der Waals surface area contributed by atoms with Crippen LogP contribution in [0, 0.1) is 0 Å². The molecule has 0 aliphatic heterocycles. The summed E-state index contributed by atoms with van der Waals surface area (Å²) in [5, 5.41) is 0. The van der Waals surface area contributed by atoms with Gasteiger partial charge in [0.1, 0.15) is 0 Å². The Morgan fingerprint density at radius 2 is 2.36 bits per heavy atom. The molecule has 66 valence electrons. The van der Waals surface area contributed by atoms with Crippen molar-refractivity contribution in [2.24, 2.45) is 5.84 Å². The molecular weight excluding hydrogens is 144 g/mol. The van der Waals surface area contributed by atoms with Crippen LogP contribution in [-0.4, -0.2) is 33.0 Å². The topological polar surface area (TPSA) is 56.5 Å². The van der Waals surface area contributed by atoms with Gasteiger partial charge >= 0.3 is 0 Å². The van der Waals surface area contributed by atoms with Gasteiger partial charge in [-0.1, -0.05) is 6.08 Å². The average molecular weight is 160 g/mol. The maximum absolute atomic E-state index is 5.18. The van der Waals surface area contributed by atoms with Gasteiger partial charge in [-0.2, -0.15) is 0 Å². The van der Waals surface area contributed by atoms with Gasteiger partial charge in [0.15, 0.2) is 0 Å². The molecule has 0 aliphatic rings. The van der Waals surface area contributed by atoms with Gasteiger partial charge in [-0.3, -0.25) is 11.3 Å². The minimum atomic E-state index is 0.0202. The van der Waals surface area contributed by atoms with Gasteiger partial charge < -0.3 is 9.47 Å². The van der Waals surface area contributed by atoms with E-state index in [1.807, 2.05) is 0 Å². The van der Waals surface area contributed by atoms with Crippen molar-refractivity contribution < 1.29 is 9.47 Å². The highest BCUT2D eigenvalue weighted by Gasteiger charge is 1.98. The van der Waals surface area contributed by atoms with Crippen molar-refractivity contribution >= 4 is 0 Å². The van der Waals surface area contributed by atoms with Crippen LogP contribution in [0.15, 0.2) is 12.7 Å². The van der Waals surface area contributed by atoms with Gasteiger partial charge in [-0.15, -0.1) is 6.58 Å². The number of nitrogens with one attached hydrogen (secondary N) is 1. The molecule has 0 fully saturated rings. The summed E-state index contributed by atoms with van der Waals surface area (Å²) in [4.78, 5) is 0. The smallest absolute Gasteiger partial charge is 0.0701 e. The van der Waals surface area contributed by atoms with Crippen LogP contribution in [0.1, 0.15) is 0 Å². The van der Waals surface area contributed by atoms with E-state index in [4.69, 9.17) is 15.3 Å². The van der Waals surface area contributed by atoms with E-state index >= 15 is 0 Å². The molecule has 11 heavy (non-hydrogen) atoms. The number of methoxy groups -OCH3 is 1. The lowest BCUT2D eigenvalue weighted by Crippen LogP contribution is -2.37. The molecule has 0 bridgehead atoms. The van der Waals surface area contributed by atoms with Crippen LogP contribution < -0.4 is 11.3 Å². The second-order valence-electron chi connectivity index (χ2n) is 2.08. The Morgan fingerprint density at radius 1 is 1.64 bits per heavy atom. The summed E-state index contributed by atoms with van der Waals surface area (Å²) in [5.74, 6) is 5.17. The van der Waals surface area contributed by atoms with Crippen LogP contribution in [0.4, 0.5) is 0 Å². The Morgan fingerprint density at radius 3 is 2.82 bits per heavy atom. The summed E-state index contributed by atoms with van der Waals surface area (Å²) in [6.07, 6.45) is 1.70. The Balaban J connectivity index is 3.14. The van der Waals surface area contributed by atoms with Crippen LogP contribution in [-0.2, 0) is 9.47 Å². The monoisotopic (exact) mass is 160 g/mol. The number of ether oxygens (including phenoxy) is 2. The van der Waals surface area contributed by atoms with Crippen molar-refractivity contribution in [2.75, 3.05) is 26.9 Å². The highest BCUT2D eigenvalue weighted by molar-refractivity contribution is 4.83. The summed E-state index contributed by atoms with van der Waals surface area (Å²) in [5.41, 5.74) is 2.54. The minimum absolute atomic E-state index is 0.0202. The van der Waals surface area contributed by atoms with Gasteiger partial charge in [0.2, 0.25) is 0 Å². The maximum Gasteiger partial charge on any atom is 0.0701 e. The average Bonchev–Trinajstić information content (AvgIpc) is 2.05. The van der Waals surface area contributed by atoms with E-state index in [2.05, 4.69) is 12.0 Å². The Kier molecular flexibility index (Phi) is 7.39. The van der Waals surface area contributed by atoms with Crippen molar-refractivity contribution in [3.05, 3.63) is 12.7 Å². The Hall–Kier alpha value is -0.420. The molecule has 0 aliphatic carbocycles. The summed E-state index contributed by atoms with van der Waals surface area (Å²) in [6, 6.07) is 0.0202. The summed E-state index contributed by atoms with van der Waals surface area (Å²) >= 11 is 0. The predicted octanol–water partition coefficient (Wildman–Crippen LogP) is -0.333. The lowest BCUT2D eigenvalue weighted by Gasteiger charge is -2.10. The van der Waals surface area contributed by atoms with Crippen molar-refractivity contribution in [3.8, 4) is 0 Å². The fraction of sp³-hybridized carbons (Fsp3) is 0.714. The molecule has 0 spiro atoms. The van der Waals surface area contributed by atoms with Crippen LogP contribution in [0.25, 0.3) is 0 Å². The predicted molar refractivity (Wildman–Crippen MR) is 44.0 cm³/mol. The number of hydrogen-bond donors (Lipinski definition) is 2. The van der Waals surface area contributed by atoms with Gasteiger partial charge in [-0.05, 0) is 0 Å².